The van der Waals surface area contributed by atoms with Crippen molar-refractivity contribution in [2.45, 2.75) is 37.3 Å². The van der Waals surface area contributed by atoms with Crippen LogP contribution in [0.1, 0.15) is 25.7 Å². The summed E-state index contributed by atoms with van der Waals surface area (Å²) in [6.07, 6.45) is 5.83. The lowest BCUT2D eigenvalue weighted by Crippen LogP contribution is -2.57. The Kier molecular flexibility index (Phi) is 1.37. The van der Waals surface area contributed by atoms with Crippen molar-refractivity contribution in [3.63, 3.8) is 0 Å². The van der Waals surface area contributed by atoms with E-state index in [1.54, 1.807) is 0 Å². The molecule has 0 aromatic heterocycles. The van der Waals surface area contributed by atoms with E-state index in [0.29, 0.717) is 5.54 Å². The fraction of sp³-hybridized carbons (Fsp3) is 1.00. The monoisotopic (exact) mass is 166 g/mol. The molecule has 0 N–H and O–H groups in total. The smallest absolute Gasteiger partial charge is 0.0363 e. The molecule has 0 aromatic carbocycles. The molecular formula is C10H18N2. The highest BCUT2D eigenvalue weighted by Gasteiger charge is 2.57. The summed E-state index contributed by atoms with van der Waals surface area (Å²) >= 11 is 0. The summed E-state index contributed by atoms with van der Waals surface area (Å²) in [5.74, 6) is 0. The number of piperazine rings is 1. The van der Waals surface area contributed by atoms with Gasteiger partial charge in [0.1, 0.15) is 0 Å². The lowest BCUT2D eigenvalue weighted by molar-refractivity contribution is 0.0458. The van der Waals surface area contributed by atoms with E-state index < -0.39 is 0 Å². The first-order valence-corrected chi connectivity index (χ1v) is 5.28. The van der Waals surface area contributed by atoms with Crippen molar-refractivity contribution in [3.05, 3.63) is 0 Å². The molecule has 0 bridgehead atoms. The van der Waals surface area contributed by atoms with Gasteiger partial charge in [-0.25, -0.2) is 0 Å². The molecule has 2 heterocycles. The zero-order valence-electron chi connectivity index (χ0n) is 7.92. The SMILES string of the molecule is CN1CCN2CCCC2C12CC2. The Morgan fingerprint density at radius 1 is 1.17 bits per heavy atom. The summed E-state index contributed by atoms with van der Waals surface area (Å²) < 4.78 is 0. The Bertz CT molecular complexity index is 198. The summed E-state index contributed by atoms with van der Waals surface area (Å²) in [7, 11) is 2.32. The van der Waals surface area contributed by atoms with Gasteiger partial charge in [-0.1, -0.05) is 0 Å². The van der Waals surface area contributed by atoms with Crippen LogP contribution >= 0.6 is 0 Å². The molecule has 3 fully saturated rings. The van der Waals surface area contributed by atoms with Crippen LogP contribution < -0.4 is 0 Å². The maximum absolute atomic E-state index is 2.73. The second-order valence-electron chi connectivity index (χ2n) is 4.72. The molecule has 0 aromatic rings. The van der Waals surface area contributed by atoms with E-state index in [9.17, 15) is 0 Å². The second-order valence-corrected chi connectivity index (χ2v) is 4.72. The molecule has 1 atom stereocenters. The molecule has 0 amide bonds. The minimum Gasteiger partial charge on any atom is -0.298 e. The zero-order chi connectivity index (χ0) is 8.18. The van der Waals surface area contributed by atoms with Crippen molar-refractivity contribution in [3.8, 4) is 0 Å². The molecule has 1 aliphatic carbocycles. The van der Waals surface area contributed by atoms with Crippen LogP contribution in [-0.2, 0) is 0 Å². The first kappa shape index (κ1) is 7.34. The van der Waals surface area contributed by atoms with Gasteiger partial charge < -0.3 is 0 Å². The first-order chi connectivity index (χ1) is 5.83. The Morgan fingerprint density at radius 3 is 2.75 bits per heavy atom. The molecule has 3 rings (SSSR count). The first-order valence-electron chi connectivity index (χ1n) is 5.28. The molecule has 2 heteroatoms. The van der Waals surface area contributed by atoms with Crippen LogP contribution in [0.15, 0.2) is 0 Å². The van der Waals surface area contributed by atoms with Crippen LogP contribution in [-0.4, -0.2) is 48.1 Å². The van der Waals surface area contributed by atoms with Crippen molar-refractivity contribution in [2.24, 2.45) is 0 Å². The molecule has 2 saturated heterocycles. The number of nitrogens with zero attached hydrogens (tertiary/aromatic N) is 2. The van der Waals surface area contributed by atoms with Gasteiger partial charge >= 0.3 is 0 Å². The topological polar surface area (TPSA) is 6.48 Å². The predicted molar refractivity (Wildman–Crippen MR) is 49.2 cm³/mol. The maximum Gasteiger partial charge on any atom is 0.0363 e. The van der Waals surface area contributed by atoms with Gasteiger partial charge in [0.25, 0.3) is 0 Å². The average Bonchev–Trinajstić information content (AvgIpc) is 2.71. The Morgan fingerprint density at radius 2 is 2.00 bits per heavy atom. The number of fused-ring (bicyclic) bond motifs is 2. The summed E-state index contributed by atoms with van der Waals surface area (Å²) in [6.45, 7) is 4.00. The van der Waals surface area contributed by atoms with Gasteiger partial charge in [-0.15, -0.1) is 0 Å². The molecule has 2 aliphatic heterocycles. The van der Waals surface area contributed by atoms with Crippen molar-refractivity contribution >= 4 is 0 Å². The van der Waals surface area contributed by atoms with Crippen LogP contribution in [0.2, 0.25) is 0 Å². The van der Waals surface area contributed by atoms with Gasteiger partial charge in [0.2, 0.25) is 0 Å². The van der Waals surface area contributed by atoms with Crippen molar-refractivity contribution < 1.29 is 0 Å². The minimum atomic E-state index is 0.648. The summed E-state index contributed by atoms with van der Waals surface area (Å²) in [5.41, 5.74) is 0.648. The van der Waals surface area contributed by atoms with Crippen LogP contribution in [0, 0.1) is 0 Å². The lowest BCUT2D eigenvalue weighted by Gasteiger charge is -2.44. The van der Waals surface area contributed by atoms with Gasteiger partial charge in [0.15, 0.2) is 0 Å². The summed E-state index contributed by atoms with van der Waals surface area (Å²) in [6, 6.07) is 0.927. The average molecular weight is 166 g/mol. The highest BCUT2D eigenvalue weighted by molar-refractivity contribution is 5.15. The van der Waals surface area contributed by atoms with E-state index >= 15 is 0 Å². The third-order valence-electron chi connectivity index (χ3n) is 4.23. The maximum atomic E-state index is 2.73. The second kappa shape index (κ2) is 2.24. The van der Waals surface area contributed by atoms with Gasteiger partial charge in [0, 0.05) is 24.7 Å². The van der Waals surface area contributed by atoms with Gasteiger partial charge in [-0.2, -0.15) is 0 Å². The van der Waals surface area contributed by atoms with Crippen molar-refractivity contribution in [1.29, 1.82) is 0 Å². The minimum absolute atomic E-state index is 0.648. The molecule has 2 nitrogen and oxygen atoms in total. The quantitative estimate of drug-likeness (QED) is 0.528. The van der Waals surface area contributed by atoms with Gasteiger partial charge in [-0.3, -0.25) is 9.80 Å². The van der Waals surface area contributed by atoms with E-state index in [4.69, 9.17) is 0 Å². The highest BCUT2D eigenvalue weighted by Crippen LogP contribution is 2.50. The van der Waals surface area contributed by atoms with E-state index in [1.165, 1.54) is 45.3 Å². The predicted octanol–water partition coefficient (Wildman–Crippen LogP) is 0.929. The molecule has 1 unspecified atom stereocenters. The normalized spacial score (nSPS) is 40.2. The van der Waals surface area contributed by atoms with Crippen molar-refractivity contribution in [2.75, 3.05) is 26.7 Å². The van der Waals surface area contributed by atoms with Crippen molar-refractivity contribution in [1.82, 2.24) is 9.80 Å². The Labute approximate surface area is 74.5 Å². The fourth-order valence-corrected chi connectivity index (χ4v) is 3.30. The molecule has 68 valence electrons. The fourth-order valence-electron chi connectivity index (χ4n) is 3.30. The largest absolute Gasteiger partial charge is 0.298 e. The Hall–Kier alpha value is -0.0800. The van der Waals surface area contributed by atoms with Gasteiger partial charge in [-0.05, 0) is 39.3 Å². The molecule has 12 heavy (non-hydrogen) atoms. The van der Waals surface area contributed by atoms with Crippen LogP contribution in [0.4, 0.5) is 0 Å². The van der Waals surface area contributed by atoms with E-state index in [0.717, 1.165) is 6.04 Å². The molecule has 1 saturated carbocycles. The van der Waals surface area contributed by atoms with E-state index in [2.05, 4.69) is 16.8 Å². The number of rotatable bonds is 0. The van der Waals surface area contributed by atoms with Crippen LogP contribution in [0.25, 0.3) is 0 Å². The number of likely N-dealkylation sites (N-methyl/N-ethyl adjacent to an activating group) is 1. The summed E-state index contributed by atoms with van der Waals surface area (Å²) in [5, 5.41) is 0. The molecular weight excluding hydrogens is 148 g/mol. The number of hydrogen-bond donors (Lipinski definition) is 0. The van der Waals surface area contributed by atoms with Crippen LogP contribution in [0.3, 0.4) is 0 Å². The number of hydrogen-bond acceptors (Lipinski definition) is 2. The molecule has 3 aliphatic rings. The summed E-state index contributed by atoms with van der Waals surface area (Å²) in [4.78, 5) is 5.35. The lowest BCUT2D eigenvalue weighted by atomic mass is 9.99. The standard InChI is InChI=1S/C10H18N2/c1-11-7-8-12-6-2-3-9(12)10(11)4-5-10/h9H,2-8H2,1H3. The third kappa shape index (κ3) is 0.775. The third-order valence-corrected chi connectivity index (χ3v) is 4.23. The zero-order valence-corrected chi connectivity index (χ0v) is 7.92. The Balaban J connectivity index is 1.88. The van der Waals surface area contributed by atoms with Gasteiger partial charge in [0.05, 0.1) is 0 Å². The van der Waals surface area contributed by atoms with E-state index in [1.807, 2.05) is 0 Å². The molecule has 0 radical (unpaired) electrons. The van der Waals surface area contributed by atoms with E-state index in [-0.39, 0.29) is 0 Å². The highest BCUT2D eigenvalue weighted by atomic mass is 15.4. The molecule has 1 spiro atoms. The van der Waals surface area contributed by atoms with Crippen LogP contribution in [0.5, 0.6) is 0 Å².